The molecule has 2 aromatic rings. The number of amides is 1. The summed E-state index contributed by atoms with van der Waals surface area (Å²) in [6.07, 6.45) is 2.64. The Morgan fingerprint density at radius 2 is 1.92 bits per heavy atom. The highest BCUT2D eigenvalue weighted by atomic mass is 16.3. The maximum atomic E-state index is 12.5. The van der Waals surface area contributed by atoms with E-state index in [1.807, 2.05) is 51.1 Å². The summed E-state index contributed by atoms with van der Waals surface area (Å²) >= 11 is 0. The second-order valence-electron chi connectivity index (χ2n) is 6.96. The van der Waals surface area contributed by atoms with Gasteiger partial charge >= 0.3 is 0 Å². The van der Waals surface area contributed by atoms with Gasteiger partial charge in [0.2, 0.25) is 0 Å². The third-order valence-corrected chi connectivity index (χ3v) is 4.69. The van der Waals surface area contributed by atoms with Crippen LogP contribution < -0.4 is 5.32 Å². The Balaban J connectivity index is 1.80. The minimum Gasteiger partial charge on any atom is -0.461 e. The highest BCUT2D eigenvalue weighted by Gasteiger charge is 2.36. The average molecular weight is 334 g/mol. The van der Waals surface area contributed by atoms with Gasteiger partial charge in [0, 0.05) is 17.7 Å². The molecule has 1 heterocycles. The standard InChI is InChI=1S/C21H22N2O2/c1-12-7-14(3)20(15(4)8-12)23-21(24)16(11-22)10-17-5-6-19(25-17)18-9-13(18)2/h5-8,10,13,18H,9H2,1-4H3,(H,23,24)/b16-10+/t13-,18+/m1/s1. The molecule has 0 saturated heterocycles. The Morgan fingerprint density at radius 1 is 1.28 bits per heavy atom. The van der Waals surface area contributed by atoms with E-state index >= 15 is 0 Å². The summed E-state index contributed by atoms with van der Waals surface area (Å²) < 4.78 is 5.77. The second kappa shape index (κ2) is 6.60. The van der Waals surface area contributed by atoms with Crippen LogP contribution in [-0.4, -0.2) is 5.91 Å². The number of rotatable bonds is 4. The Hall–Kier alpha value is -2.80. The number of hydrogen-bond donors (Lipinski definition) is 1. The number of anilines is 1. The van der Waals surface area contributed by atoms with Crippen LogP contribution in [0.15, 0.2) is 34.3 Å². The van der Waals surface area contributed by atoms with E-state index in [9.17, 15) is 10.1 Å². The summed E-state index contributed by atoms with van der Waals surface area (Å²) in [6, 6.07) is 9.73. The van der Waals surface area contributed by atoms with Crippen molar-refractivity contribution in [3.05, 3.63) is 58.0 Å². The van der Waals surface area contributed by atoms with Gasteiger partial charge in [0.25, 0.3) is 5.91 Å². The lowest BCUT2D eigenvalue weighted by molar-refractivity contribution is -0.112. The third-order valence-electron chi connectivity index (χ3n) is 4.69. The van der Waals surface area contributed by atoms with Crippen LogP contribution in [0, 0.1) is 38.0 Å². The summed E-state index contributed by atoms with van der Waals surface area (Å²) in [5.41, 5.74) is 3.88. The molecule has 2 atom stereocenters. The molecule has 1 aromatic heterocycles. The summed E-state index contributed by atoms with van der Waals surface area (Å²) in [5.74, 6) is 2.17. The number of aryl methyl sites for hydroxylation is 3. The molecule has 0 spiro atoms. The molecule has 0 aliphatic heterocycles. The van der Waals surface area contributed by atoms with Crippen LogP contribution in [0.3, 0.4) is 0 Å². The number of hydrogen-bond acceptors (Lipinski definition) is 3. The molecular formula is C21H22N2O2. The van der Waals surface area contributed by atoms with Crippen LogP contribution in [0.25, 0.3) is 6.08 Å². The quantitative estimate of drug-likeness (QED) is 0.640. The van der Waals surface area contributed by atoms with Gasteiger partial charge in [0.1, 0.15) is 23.2 Å². The molecule has 1 amide bonds. The van der Waals surface area contributed by atoms with Crippen LogP contribution in [0.4, 0.5) is 5.69 Å². The summed E-state index contributed by atoms with van der Waals surface area (Å²) in [6.45, 7) is 8.09. The topological polar surface area (TPSA) is 66.0 Å². The fraction of sp³-hybridized carbons (Fsp3) is 0.333. The van der Waals surface area contributed by atoms with Gasteiger partial charge in [-0.2, -0.15) is 5.26 Å². The zero-order valence-electron chi connectivity index (χ0n) is 15.0. The number of benzene rings is 1. The zero-order chi connectivity index (χ0) is 18.1. The van der Waals surface area contributed by atoms with Gasteiger partial charge in [-0.05, 0) is 56.4 Å². The lowest BCUT2D eigenvalue weighted by atomic mass is 10.0. The molecule has 4 nitrogen and oxygen atoms in total. The van der Waals surface area contributed by atoms with Crippen molar-refractivity contribution in [3.8, 4) is 6.07 Å². The maximum Gasteiger partial charge on any atom is 0.266 e. The van der Waals surface area contributed by atoms with E-state index in [4.69, 9.17) is 4.42 Å². The van der Waals surface area contributed by atoms with E-state index in [-0.39, 0.29) is 5.57 Å². The maximum absolute atomic E-state index is 12.5. The molecule has 0 radical (unpaired) electrons. The number of carbonyl (C=O) groups is 1. The number of furan rings is 1. The molecule has 1 aliphatic rings. The van der Waals surface area contributed by atoms with Crippen LogP contribution in [-0.2, 0) is 4.79 Å². The second-order valence-corrected chi connectivity index (χ2v) is 6.96. The first-order valence-electron chi connectivity index (χ1n) is 8.49. The van der Waals surface area contributed by atoms with Crippen LogP contribution in [0.1, 0.15) is 47.5 Å². The first-order valence-corrected chi connectivity index (χ1v) is 8.49. The molecular weight excluding hydrogens is 312 g/mol. The van der Waals surface area contributed by atoms with Gasteiger partial charge in [0.05, 0.1) is 0 Å². The summed E-state index contributed by atoms with van der Waals surface area (Å²) in [5, 5.41) is 12.2. The third kappa shape index (κ3) is 3.66. The van der Waals surface area contributed by atoms with Gasteiger partial charge in [-0.1, -0.05) is 24.6 Å². The van der Waals surface area contributed by atoms with E-state index < -0.39 is 5.91 Å². The average Bonchev–Trinajstić information content (AvgIpc) is 3.09. The van der Waals surface area contributed by atoms with Crippen molar-refractivity contribution in [2.24, 2.45) is 5.92 Å². The number of nitrogens with zero attached hydrogens (tertiary/aromatic N) is 1. The van der Waals surface area contributed by atoms with Gasteiger partial charge < -0.3 is 9.73 Å². The highest BCUT2D eigenvalue weighted by Crippen LogP contribution is 2.47. The van der Waals surface area contributed by atoms with Gasteiger partial charge in [-0.3, -0.25) is 4.79 Å². The van der Waals surface area contributed by atoms with Gasteiger partial charge in [0.15, 0.2) is 0 Å². The van der Waals surface area contributed by atoms with E-state index in [1.54, 1.807) is 0 Å². The van der Waals surface area contributed by atoms with E-state index in [1.165, 1.54) is 6.08 Å². The predicted octanol–water partition coefficient (Wildman–Crippen LogP) is 4.87. The minimum absolute atomic E-state index is 0.0316. The van der Waals surface area contributed by atoms with Crippen LogP contribution >= 0.6 is 0 Å². The molecule has 0 bridgehead atoms. The summed E-state index contributed by atoms with van der Waals surface area (Å²) in [7, 11) is 0. The number of nitriles is 1. The van der Waals surface area contributed by atoms with Crippen molar-refractivity contribution < 1.29 is 9.21 Å². The van der Waals surface area contributed by atoms with Crippen molar-refractivity contribution in [2.45, 2.75) is 40.0 Å². The largest absolute Gasteiger partial charge is 0.461 e. The molecule has 4 heteroatoms. The molecule has 0 unspecified atom stereocenters. The lowest BCUT2D eigenvalue weighted by Crippen LogP contribution is -2.15. The number of carbonyl (C=O) groups excluding carboxylic acids is 1. The van der Waals surface area contributed by atoms with E-state index in [0.29, 0.717) is 17.6 Å². The molecule has 128 valence electrons. The molecule has 1 fully saturated rings. The van der Waals surface area contributed by atoms with Crippen molar-refractivity contribution in [1.82, 2.24) is 0 Å². The molecule has 1 aromatic carbocycles. The van der Waals surface area contributed by atoms with Crippen molar-refractivity contribution >= 4 is 17.7 Å². The highest BCUT2D eigenvalue weighted by molar-refractivity contribution is 6.10. The smallest absolute Gasteiger partial charge is 0.266 e. The Labute approximate surface area is 148 Å². The monoisotopic (exact) mass is 334 g/mol. The predicted molar refractivity (Wildman–Crippen MR) is 98.1 cm³/mol. The van der Waals surface area contributed by atoms with Crippen LogP contribution in [0.5, 0.6) is 0 Å². The fourth-order valence-corrected chi connectivity index (χ4v) is 3.21. The first kappa shape index (κ1) is 17.0. The molecule has 25 heavy (non-hydrogen) atoms. The van der Waals surface area contributed by atoms with Crippen molar-refractivity contribution in [2.75, 3.05) is 5.32 Å². The molecule has 1 N–H and O–H groups in total. The minimum atomic E-state index is -0.421. The SMILES string of the molecule is Cc1cc(C)c(NC(=O)/C(C#N)=C/c2ccc([C@H]3C[C@H]3C)o2)c(C)c1. The molecule has 1 aliphatic carbocycles. The normalized spacial score (nSPS) is 19.4. The zero-order valence-corrected chi connectivity index (χ0v) is 15.0. The molecule has 1 saturated carbocycles. The molecule has 3 rings (SSSR count). The number of nitrogens with one attached hydrogen (secondary N) is 1. The Bertz CT molecular complexity index is 876. The van der Waals surface area contributed by atoms with Crippen molar-refractivity contribution in [3.63, 3.8) is 0 Å². The van der Waals surface area contributed by atoms with E-state index in [2.05, 4.69) is 12.2 Å². The van der Waals surface area contributed by atoms with Crippen LogP contribution in [0.2, 0.25) is 0 Å². The van der Waals surface area contributed by atoms with Crippen molar-refractivity contribution in [1.29, 1.82) is 5.26 Å². The van der Waals surface area contributed by atoms with E-state index in [0.717, 1.165) is 34.6 Å². The first-order chi connectivity index (χ1) is 11.9. The fourth-order valence-electron chi connectivity index (χ4n) is 3.21. The summed E-state index contributed by atoms with van der Waals surface area (Å²) in [4.78, 5) is 12.5. The lowest BCUT2D eigenvalue weighted by Gasteiger charge is -2.12. The van der Waals surface area contributed by atoms with Gasteiger partial charge in [-0.15, -0.1) is 0 Å². The van der Waals surface area contributed by atoms with Gasteiger partial charge in [-0.25, -0.2) is 0 Å². The Morgan fingerprint density at radius 3 is 2.48 bits per heavy atom. The Kier molecular flexibility index (Phi) is 4.50.